The van der Waals surface area contributed by atoms with E-state index in [9.17, 15) is 0 Å². The first-order valence-corrected chi connectivity index (χ1v) is 6.42. The molecule has 1 aromatic heterocycles. The van der Waals surface area contributed by atoms with Crippen LogP contribution in [0.5, 0.6) is 0 Å². The van der Waals surface area contributed by atoms with Crippen molar-refractivity contribution in [2.24, 2.45) is 11.7 Å². The third-order valence-electron chi connectivity index (χ3n) is 2.94. The maximum absolute atomic E-state index is 5.90. The van der Waals surface area contributed by atoms with Gasteiger partial charge in [-0.1, -0.05) is 11.6 Å². The average Bonchev–Trinajstić information content (AvgIpc) is 2.76. The van der Waals surface area contributed by atoms with E-state index in [0.717, 1.165) is 29.0 Å². The summed E-state index contributed by atoms with van der Waals surface area (Å²) in [6.07, 6.45) is 2.93. The number of hydrogen-bond donors (Lipinski definition) is 1. The van der Waals surface area contributed by atoms with E-state index in [1.165, 1.54) is 6.42 Å². The lowest BCUT2D eigenvalue weighted by atomic mass is 10.0. The smallest absolute Gasteiger partial charge is 0.113 e. The Balaban J connectivity index is 0.00000128. The minimum Gasteiger partial charge on any atom is -0.328 e. The predicted octanol–water partition coefficient (Wildman–Crippen LogP) is 2.39. The summed E-state index contributed by atoms with van der Waals surface area (Å²) in [5, 5.41) is 1.10. The zero-order valence-electron chi connectivity index (χ0n) is 9.23. The van der Waals surface area contributed by atoms with Crippen molar-refractivity contribution in [2.75, 3.05) is 13.1 Å². The second kappa shape index (κ2) is 6.17. The van der Waals surface area contributed by atoms with E-state index in [1.807, 2.05) is 0 Å². The Hall–Kier alpha value is 0.130. The van der Waals surface area contributed by atoms with Crippen molar-refractivity contribution in [3.05, 3.63) is 15.5 Å². The largest absolute Gasteiger partial charge is 0.328 e. The minimum absolute atomic E-state index is 0. The summed E-state index contributed by atoms with van der Waals surface area (Å²) in [4.78, 5) is 6.67. The fourth-order valence-electron chi connectivity index (χ4n) is 1.99. The molecule has 1 aliphatic heterocycles. The summed E-state index contributed by atoms with van der Waals surface area (Å²) < 4.78 is 0.771. The fourth-order valence-corrected chi connectivity index (χ4v) is 2.99. The predicted molar refractivity (Wildman–Crippen MR) is 71.4 cm³/mol. The van der Waals surface area contributed by atoms with E-state index >= 15 is 0 Å². The van der Waals surface area contributed by atoms with Gasteiger partial charge in [0.1, 0.15) is 9.34 Å². The van der Waals surface area contributed by atoms with E-state index in [4.69, 9.17) is 17.3 Å². The molecule has 0 bridgehead atoms. The van der Waals surface area contributed by atoms with E-state index in [0.29, 0.717) is 12.0 Å². The van der Waals surface area contributed by atoms with Crippen LogP contribution in [-0.2, 0) is 6.54 Å². The Kier molecular flexibility index (Phi) is 5.47. The maximum atomic E-state index is 5.90. The molecule has 1 fully saturated rings. The second-order valence-corrected chi connectivity index (χ2v) is 5.95. The van der Waals surface area contributed by atoms with Gasteiger partial charge in [-0.2, -0.15) is 0 Å². The van der Waals surface area contributed by atoms with Crippen molar-refractivity contribution in [3.8, 4) is 0 Å². The number of nitrogens with zero attached hydrogens (tertiary/aromatic N) is 2. The van der Waals surface area contributed by atoms with Crippen molar-refractivity contribution >= 4 is 35.3 Å². The van der Waals surface area contributed by atoms with Gasteiger partial charge in [-0.25, -0.2) is 4.98 Å². The molecule has 1 saturated heterocycles. The van der Waals surface area contributed by atoms with Gasteiger partial charge in [-0.3, -0.25) is 4.90 Å². The molecule has 3 nitrogen and oxygen atoms in total. The zero-order chi connectivity index (χ0) is 10.8. The van der Waals surface area contributed by atoms with Crippen LogP contribution in [0.15, 0.2) is 6.20 Å². The number of thiazole rings is 1. The van der Waals surface area contributed by atoms with Gasteiger partial charge in [0.25, 0.3) is 0 Å². The van der Waals surface area contributed by atoms with Crippen LogP contribution < -0.4 is 5.73 Å². The molecular weight excluding hydrogens is 265 g/mol. The molecule has 2 heterocycles. The van der Waals surface area contributed by atoms with Gasteiger partial charge in [0, 0.05) is 12.6 Å². The third kappa shape index (κ3) is 3.57. The SMILES string of the molecule is CC(N)C1CCN(Cc2ncc(Cl)s2)C1.Cl. The summed E-state index contributed by atoms with van der Waals surface area (Å²) in [6.45, 7) is 5.23. The summed E-state index contributed by atoms with van der Waals surface area (Å²) in [6, 6.07) is 0.301. The van der Waals surface area contributed by atoms with Crippen molar-refractivity contribution < 1.29 is 0 Å². The maximum Gasteiger partial charge on any atom is 0.113 e. The highest BCUT2D eigenvalue weighted by molar-refractivity contribution is 7.15. The zero-order valence-corrected chi connectivity index (χ0v) is 11.6. The number of rotatable bonds is 3. The molecule has 0 aromatic carbocycles. The van der Waals surface area contributed by atoms with Crippen LogP contribution in [0.25, 0.3) is 0 Å². The van der Waals surface area contributed by atoms with Gasteiger partial charge in [-0.05, 0) is 25.8 Å². The molecule has 2 atom stereocenters. The van der Waals surface area contributed by atoms with Gasteiger partial charge >= 0.3 is 0 Å². The first kappa shape index (κ1) is 14.2. The van der Waals surface area contributed by atoms with Crippen LogP contribution >= 0.6 is 35.3 Å². The van der Waals surface area contributed by atoms with Gasteiger partial charge in [0.05, 0.1) is 12.7 Å². The Morgan fingerprint density at radius 3 is 3.00 bits per heavy atom. The van der Waals surface area contributed by atoms with E-state index in [-0.39, 0.29) is 12.4 Å². The van der Waals surface area contributed by atoms with Crippen LogP contribution in [0.1, 0.15) is 18.4 Å². The van der Waals surface area contributed by atoms with Crippen molar-refractivity contribution in [2.45, 2.75) is 25.9 Å². The highest BCUT2D eigenvalue weighted by atomic mass is 35.5. The van der Waals surface area contributed by atoms with E-state index < -0.39 is 0 Å². The van der Waals surface area contributed by atoms with Crippen LogP contribution in [0, 0.1) is 5.92 Å². The van der Waals surface area contributed by atoms with Crippen molar-refractivity contribution in [1.82, 2.24) is 9.88 Å². The molecule has 0 aliphatic carbocycles. The van der Waals surface area contributed by atoms with Gasteiger partial charge < -0.3 is 5.73 Å². The number of hydrogen-bond acceptors (Lipinski definition) is 4. The van der Waals surface area contributed by atoms with Crippen molar-refractivity contribution in [1.29, 1.82) is 0 Å². The molecular formula is C10H17Cl2N3S. The Bertz CT molecular complexity index is 330. The molecule has 6 heteroatoms. The Morgan fingerprint density at radius 2 is 2.50 bits per heavy atom. The van der Waals surface area contributed by atoms with Crippen molar-refractivity contribution in [3.63, 3.8) is 0 Å². The standard InChI is InChI=1S/C10H16ClN3S.ClH/c1-7(12)8-2-3-14(5-8)6-10-13-4-9(11)15-10;/h4,7-8H,2-3,5-6,12H2,1H3;1H. The number of likely N-dealkylation sites (tertiary alicyclic amines) is 1. The summed E-state index contributed by atoms with van der Waals surface area (Å²) in [7, 11) is 0. The number of halogens is 2. The molecule has 2 N–H and O–H groups in total. The third-order valence-corrected chi connectivity index (χ3v) is 4.04. The van der Waals surface area contributed by atoms with Crippen LogP contribution in [0.4, 0.5) is 0 Å². The van der Waals surface area contributed by atoms with Crippen LogP contribution in [0.3, 0.4) is 0 Å². The van der Waals surface area contributed by atoms with Crippen LogP contribution in [-0.4, -0.2) is 29.0 Å². The normalized spacial score (nSPS) is 23.1. The number of aromatic nitrogens is 1. The van der Waals surface area contributed by atoms with Gasteiger partial charge in [0.15, 0.2) is 0 Å². The average molecular weight is 282 g/mol. The highest BCUT2D eigenvalue weighted by Crippen LogP contribution is 2.24. The van der Waals surface area contributed by atoms with E-state index in [1.54, 1.807) is 17.5 Å². The van der Waals surface area contributed by atoms with E-state index in [2.05, 4.69) is 16.8 Å². The molecule has 0 radical (unpaired) electrons. The lowest BCUT2D eigenvalue weighted by Crippen LogP contribution is -2.29. The van der Waals surface area contributed by atoms with Gasteiger partial charge in [0.2, 0.25) is 0 Å². The minimum atomic E-state index is 0. The molecule has 0 spiro atoms. The summed E-state index contributed by atoms with van der Waals surface area (Å²) >= 11 is 7.41. The van der Waals surface area contributed by atoms with Crippen LogP contribution in [0.2, 0.25) is 4.34 Å². The molecule has 1 aliphatic rings. The summed E-state index contributed by atoms with van der Waals surface area (Å²) in [5.74, 6) is 0.639. The fraction of sp³-hybridized carbons (Fsp3) is 0.700. The first-order chi connectivity index (χ1) is 7.15. The monoisotopic (exact) mass is 281 g/mol. The van der Waals surface area contributed by atoms with Gasteiger partial charge in [-0.15, -0.1) is 23.7 Å². The number of nitrogens with two attached hydrogens (primary N) is 1. The lowest BCUT2D eigenvalue weighted by Gasteiger charge is -2.16. The molecule has 2 rings (SSSR count). The quantitative estimate of drug-likeness (QED) is 0.925. The molecule has 16 heavy (non-hydrogen) atoms. The first-order valence-electron chi connectivity index (χ1n) is 5.23. The Labute approximate surface area is 111 Å². The molecule has 2 unspecified atom stereocenters. The second-order valence-electron chi connectivity index (χ2n) is 4.20. The highest BCUT2D eigenvalue weighted by Gasteiger charge is 2.25. The topological polar surface area (TPSA) is 42.1 Å². The summed E-state index contributed by atoms with van der Waals surface area (Å²) in [5.41, 5.74) is 5.90. The lowest BCUT2D eigenvalue weighted by molar-refractivity contribution is 0.308. The molecule has 0 saturated carbocycles. The molecule has 1 aromatic rings. The Morgan fingerprint density at radius 1 is 1.75 bits per heavy atom. The molecule has 0 amide bonds. The molecule has 92 valence electrons.